The van der Waals surface area contributed by atoms with Crippen LogP contribution in [0, 0.1) is 12.1 Å². The van der Waals surface area contributed by atoms with Gasteiger partial charge in [0.25, 0.3) is 0 Å². The quantitative estimate of drug-likeness (QED) is 0.264. The van der Waals surface area contributed by atoms with Crippen molar-refractivity contribution in [2.24, 2.45) is 0 Å². The van der Waals surface area contributed by atoms with Crippen molar-refractivity contribution < 1.29 is 30.5 Å². The Hall–Kier alpha value is -2.97. The van der Waals surface area contributed by atoms with Crippen molar-refractivity contribution in [1.29, 1.82) is 0 Å². The van der Waals surface area contributed by atoms with Crippen molar-refractivity contribution >= 4 is 0 Å². The molecule has 0 N–H and O–H groups in total. The van der Waals surface area contributed by atoms with Crippen molar-refractivity contribution in [3.8, 4) is 28.6 Å². The second kappa shape index (κ2) is 9.89. The molecule has 0 unspecified atom stereocenters. The second-order valence-electron chi connectivity index (χ2n) is 7.37. The molecule has 4 rings (SSSR count). The SMILES string of the molecule is COc1ccnc(-c2[c-]c(C(C)(C)c3cccc(Oc4[c-]cccc4)n3)ccc2)c1.[Pt+2]. The van der Waals surface area contributed by atoms with E-state index in [0.717, 1.165) is 28.3 Å². The molecule has 0 aliphatic carbocycles. The van der Waals surface area contributed by atoms with E-state index >= 15 is 0 Å². The van der Waals surface area contributed by atoms with Crippen LogP contribution in [-0.2, 0) is 26.5 Å². The third-order valence-corrected chi connectivity index (χ3v) is 4.97. The van der Waals surface area contributed by atoms with Crippen LogP contribution in [0.25, 0.3) is 11.3 Å². The van der Waals surface area contributed by atoms with Crippen LogP contribution in [-0.4, -0.2) is 17.1 Å². The summed E-state index contributed by atoms with van der Waals surface area (Å²) in [5.74, 6) is 1.94. The molecule has 2 aromatic carbocycles. The molecule has 158 valence electrons. The van der Waals surface area contributed by atoms with Crippen molar-refractivity contribution in [3.05, 3.63) is 102 Å². The standard InChI is InChI=1S/C26H22N2O2.Pt/c1-26(2,24-13-8-14-25(28-24)30-21-11-5-4-6-12-21)20-10-7-9-19(17-20)23-18-22(29-3)15-16-27-23;/h4-11,13-16,18H,1-3H3;/q-2;+2. The van der Waals surface area contributed by atoms with E-state index in [1.54, 1.807) is 13.3 Å². The summed E-state index contributed by atoms with van der Waals surface area (Å²) in [4.78, 5) is 9.21. The number of hydrogen-bond donors (Lipinski definition) is 0. The smallest absolute Gasteiger partial charge is 0.497 e. The first-order valence-corrected chi connectivity index (χ1v) is 9.71. The molecule has 0 fully saturated rings. The molecule has 0 aliphatic rings. The zero-order valence-corrected chi connectivity index (χ0v) is 19.8. The van der Waals surface area contributed by atoms with Crippen LogP contribution in [0.4, 0.5) is 0 Å². The molecule has 0 aliphatic heterocycles. The molecule has 0 saturated heterocycles. The topological polar surface area (TPSA) is 44.2 Å². The number of rotatable bonds is 6. The average molecular weight is 590 g/mol. The minimum atomic E-state index is -0.380. The minimum Gasteiger partial charge on any atom is -0.497 e. The molecule has 0 amide bonds. The van der Waals surface area contributed by atoms with Crippen molar-refractivity contribution in [2.75, 3.05) is 7.11 Å². The van der Waals surface area contributed by atoms with Gasteiger partial charge in [-0.05, 0) is 23.9 Å². The normalized spacial score (nSPS) is 10.8. The monoisotopic (exact) mass is 589 g/mol. The van der Waals surface area contributed by atoms with Gasteiger partial charge in [0.15, 0.2) is 0 Å². The molecule has 0 saturated carbocycles. The molecular weight excluding hydrogens is 567 g/mol. The molecule has 2 aromatic heterocycles. The molecule has 0 radical (unpaired) electrons. The van der Waals surface area contributed by atoms with Gasteiger partial charge >= 0.3 is 21.1 Å². The average Bonchev–Trinajstić information content (AvgIpc) is 2.80. The largest absolute Gasteiger partial charge is 2.00 e. The van der Waals surface area contributed by atoms with Crippen LogP contribution in [0.15, 0.2) is 79.0 Å². The Bertz CT molecular complexity index is 1150. The van der Waals surface area contributed by atoms with E-state index in [4.69, 9.17) is 14.5 Å². The first-order chi connectivity index (χ1) is 14.6. The summed E-state index contributed by atoms with van der Waals surface area (Å²) in [6.07, 6.45) is 1.74. The number of benzene rings is 2. The zero-order valence-electron chi connectivity index (χ0n) is 17.5. The summed E-state index contributed by atoms with van der Waals surface area (Å²) in [5.41, 5.74) is 3.25. The molecule has 4 nitrogen and oxygen atoms in total. The van der Waals surface area contributed by atoms with E-state index in [9.17, 15) is 0 Å². The predicted octanol–water partition coefficient (Wildman–Crippen LogP) is 5.87. The van der Waals surface area contributed by atoms with Crippen molar-refractivity contribution in [1.82, 2.24) is 9.97 Å². The molecule has 4 aromatic rings. The van der Waals surface area contributed by atoms with Gasteiger partial charge in [0.05, 0.1) is 12.8 Å². The van der Waals surface area contributed by atoms with Crippen LogP contribution in [0.3, 0.4) is 0 Å². The van der Waals surface area contributed by atoms with Gasteiger partial charge in [-0.3, -0.25) is 0 Å². The van der Waals surface area contributed by atoms with E-state index in [2.05, 4.69) is 37.0 Å². The molecular formula is C26H22N2O2Pt. The van der Waals surface area contributed by atoms with Crippen molar-refractivity contribution in [2.45, 2.75) is 19.3 Å². The Morgan fingerprint density at radius 2 is 1.77 bits per heavy atom. The summed E-state index contributed by atoms with van der Waals surface area (Å²) in [7, 11) is 1.65. The third kappa shape index (κ3) is 5.21. The molecule has 2 heterocycles. The molecule has 0 bridgehead atoms. The maximum atomic E-state index is 5.87. The fourth-order valence-corrected chi connectivity index (χ4v) is 3.18. The summed E-state index contributed by atoms with van der Waals surface area (Å²) in [5, 5.41) is 0. The van der Waals surface area contributed by atoms with Crippen molar-refractivity contribution in [3.63, 3.8) is 0 Å². The Balaban J connectivity index is 0.00000272. The minimum absolute atomic E-state index is 0. The van der Waals surface area contributed by atoms with Gasteiger partial charge in [0.2, 0.25) is 5.88 Å². The molecule has 5 heteroatoms. The van der Waals surface area contributed by atoms with Crippen LogP contribution in [0.5, 0.6) is 17.4 Å². The maximum absolute atomic E-state index is 5.87. The van der Waals surface area contributed by atoms with Crippen LogP contribution in [0.1, 0.15) is 25.1 Å². The molecule has 31 heavy (non-hydrogen) atoms. The fraction of sp³-hybridized carbons (Fsp3) is 0.154. The van der Waals surface area contributed by atoms with Gasteiger partial charge in [-0.2, -0.15) is 18.2 Å². The number of hydrogen-bond acceptors (Lipinski definition) is 4. The number of ether oxygens (including phenoxy) is 2. The summed E-state index contributed by atoms with van der Waals surface area (Å²) in [6.45, 7) is 4.25. The van der Waals surface area contributed by atoms with Crippen LogP contribution >= 0.6 is 0 Å². The second-order valence-corrected chi connectivity index (χ2v) is 7.37. The zero-order chi connectivity index (χ0) is 21.0. The first-order valence-electron chi connectivity index (χ1n) is 9.71. The Morgan fingerprint density at radius 1 is 0.935 bits per heavy atom. The number of aromatic nitrogens is 2. The van der Waals surface area contributed by atoms with Crippen LogP contribution in [0.2, 0.25) is 0 Å². The van der Waals surface area contributed by atoms with Gasteiger partial charge in [0, 0.05) is 23.4 Å². The van der Waals surface area contributed by atoms with E-state index in [1.807, 2.05) is 66.7 Å². The van der Waals surface area contributed by atoms with E-state index in [-0.39, 0.29) is 26.5 Å². The van der Waals surface area contributed by atoms with E-state index in [0.29, 0.717) is 11.6 Å². The van der Waals surface area contributed by atoms with Gasteiger partial charge in [0.1, 0.15) is 5.75 Å². The molecule has 0 spiro atoms. The number of nitrogens with zero attached hydrogens (tertiary/aromatic N) is 2. The van der Waals surface area contributed by atoms with Crippen LogP contribution < -0.4 is 9.47 Å². The Kier molecular flexibility index (Phi) is 7.24. The predicted molar refractivity (Wildman–Crippen MR) is 117 cm³/mol. The Labute approximate surface area is 197 Å². The first kappa shape index (κ1) is 22.7. The molecule has 0 atom stereocenters. The van der Waals surface area contributed by atoms with Gasteiger partial charge < -0.3 is 14.5 Å². The van der Waals surface area contributed by atoms with E-state index < -0.39 is 0 Å². The third-order valence-electron chi connectivity index (χ3n) is 4.97. The van der Waals surface area contributed by atoms with E-state index in [1.165, 1.54) is 0 Å². The summed E-state index contributed by atoms with van der Waals surface area (Å²) < 4.78 is 11.2. The van der Waals surface area contributed by atoms with Gasteiger partial charge in [-0.15, -0.1) is 47.5 Å². The van der Waals surface area contributed by atoms with Gasteiger partial charge in [-0.25, -0.2) is 4.98 Å². The number of para-hydroxylation sites is 1. The Morgan fingerprint density at radius 3 is 2.55 bits per heavy atom. The fourth-order valence-electron chi connectivity index (χ4n) is 3.18. The summed E-state index contributed by atoms with van der Waals surface area (Å²) >= 11 is 0. The summed E-state index contributed by atoms with van der Waals surface area (Å²) in [6, 6.07) is 29.7. The number of pyridine rings is 2. The number of methoxy groups -OCH3 is 1. The maximum Gasteiger partial charge on any atom is 2.00 e. The van der Waals surface area contributed by atoms with Gasteiger partial charge in [-0.1, -0.05) is 19.9 Å².